The summed E-state index contributed by atoms with van der Waals surface area (Å²) in [5.41, 5.74) is 1.32. The molecule has 1 aromatic carbocycles. The van der Waals surface area contributed by atoms with Crippen molar-refractivity contribution in [3.63, 3.8) is 0 Å². The third-order valence-corrected chi connectivity index (χ3v) is 5.55. The van der Waals surface area contributed by atoms with Crippen LogP contribution in [0.25, 0.3) is 0 Å². The number of hydrogen-bond donors (Lipinski definition) is 2. The van der Waals surface area contributed by atoms with Crippen molar-refractivity contribution in [2.24, 2.45) is 10.9 Å². The summed E-state index contributed by atoms with van der Waals surface area (Å²) in [7, 11) is 0. The Balaban J connectivity index is 0.00000225. The third-order valence-electron chi connectivity index (χ3n) is 5.03. The lowest BCUT2D eigenvalue weighted by Gasteiger charge is -2.19. The Morgan fingerprint density at radius 2 is 1.92 bits per heavy atom. The molecular weight excluding hydrogens is 491 g/mol. The Hall–Kier alpha value is -0.500. The van der Waals surface area contributed by atoms with Crippen LogP contribution in [0.5, 0.6) is 0 Å². The third kappa shape index (κ3) is 6.31. The van der Waals surface area contributed by atoms with Crippen LogP contribution >= 0.6 is 39.9 Å². The number of nitrogens with one attached hydrogen (secondary N) is 2. The maximum absolute atomic E-state index is 4.86. The molecule has 1 saturated heterocycles. The summed E-state index contributed by atoms with van der Waals surface area (Å²) in [5.74, 6) is 1.65. The number of halogens is 2. The topological polar surface area (TPSA) is 39.7 Å². The maximum Gasteiger partial charge on any atom is 0.191 e. The zero-order chi connectivity index (χ0) is 16.8. The number of anilines is 1. The lowest BCUT2D eigenvalue weighted by atomic mass is 10.1. The summed E-state index contributed by atoms with van der Waals surface area (Å²) in [6, 6.07) is 9.25. The molecule has 1 aliphatic carbocycles. The number of guanidine groups is 1. The molecule has 2 aliphatic rings. The Kier molecular flexibility index (Phi) is 8.82. The van der Waals surface area contributed by atoms with Crippen LogP contribution in [0.3, 0.4) is 0 Å². The van der Waals surface area contributed by atoms with Gasteiger partial charge in [0.15, 0.2) is 5.96 Å². The van der Waals surface area contributed by atoms with Crippen molar-refractivity contribution in [3.8, 4) is 0 Å². The number of benzene rings is 1. The summed E-state index contributed by atoms with van der Waals surface area (Å²) in [5, 5.41) is 7.01. The zero-order valence-electron chi connectivity index (χ0n) is 15.0. The molecule has 3 rings (SSSR count). The standard InChI is InChI=1S/C19H29BrN4.HI/c1-2-21-19(23-17-5-3-4-6-17)22-13-15-11-12-24(14-15)18-9-7-16(20)8-10-18;/h7-10,15,17H,2-6,11-14H2,1H3,(H2,21,22,23);1H. The van der Waals surface area contributed by atoms with E-state index in [2.05, 4.69) is 62.7 Å². The second kappa shape index (κ2) is 10.6. The maximum atomic E-state index is 4.86. The van der Waals surface area contributed by atoms with E-state index in [4.69, 9.17) is 4.99 Å². The van der Waals surface area contributed by atoms with Crippen LogP contribution in [-0.2, 0) is 0 Å². The van der Waals surface area contributed by atoms with Gasteiger partial charge in [0.2, 0.25) is 0 Å². The van der Waals surface area contributed by atoms with Gasteiger partial charge in [-0.25, -0.2) is 0 Å². The summed E-state index contributed by atoms with van der Waals surface area (Å²) >= 11 is 3.51. The molecule has 25 heavy (non-hydrogen) atoms. The Labute approximate surface area is 177 Å². The molecule has 0 amide bonds. The molecule has 0 bridgehead atoms. The predicted octanol–water partition coefficient (Wildman–Crippen LogP) is 4.39. The van der Waals surface area contributed by atoms with Gasteiger partial charge in [0.25, 0.3) is 0 Å². The number of nitrogens with zero attached hydrogens (tertiary/aromatic N) is 2. The highest BCUT2D eigenvalue weighted by molar-refractivity contribution is 14.0. The van der Waals surface area contributed by atoms with Gasteiger partial charge in [-0.05, 0) is 56.4 Å². The van der Waals surface area contributed by atoms with Crippen molar-refractivity contribution in [1.82, 2.24) is 10.6 Å². The lowest BCUT2D eigenvalue weighted by Crippen LogP contribution is -2.42. The molecule has 0 aromatic heterocycles. The molecule has 2 fully saturated rings. The molecule has 1 aromatic rings. The van der Waals surface area contributed by atoms with E-state index in [0.717, 1.165) is 36.6 Å². The average molecular weight is 521 g/mol. The van der Waals surface area contributed by atoms with E-state index >= 15 is 0 Å². The smallest absolute Gasteiger partial charge is 0.191 e. The number of hydrogen-bond acceptors (Lipinski definition) is 2. The van der Waals surface area contributed by atoms with Gasteiger partial charge in [0.1, 0.15) is 0 Å². The highest BCUT2D eigenvalue weighted by atomic mass is 127. The van der Waals surface area contributed by atoms with Crippen LogP contribution in [-0.4, -0.2) is 38.2 Å². The van der Waals surface area contributed by atoms with Gasteiger partial charge in [-0.15, -0.1) is 24.0 Å². The zero-order valence-corrected chi connectivity index (χ0v) is 18.9. The molecule has 2 N–H and O–H groups in total. The second-order valence-corrected chi connectivity index (χ2v) is 7.84. The molecule has 1 aliphatic heterocycles. The van der Waals surface area contributed by atoms with Crippen LogP contribution in [0.15, 0.2) is 33.7 Å². The van der Waals surface area contributed by atoms with Crippen LogP contribution < -0.4 is 15.5 Å². The van der Waals surface area contributed by atoms with Crippen LogP contribution in [0.2, 0.25) is 0 Å². The van der Waals surface area contributed by atoms with Crippen molar-refractivity contribution < 1.29 is 0 Å². The van der Waals surface area contributed by atoms with E-state index in [0.29, 0.717) is 12.0 Å². The van der Waals surface area contributed by atoms with E-state index in [1.165, 1.54) is 37.8 Å². The van der Waals surface area contributed by atoms with Crippen molar-refractivity contribution in [1.29, 1.82) is 0 Å². The van der Waals surface area contributed by atoms with Crippen molar-refractivity contribution >= 4 is 51.6 Å². The molecule has 1 atom stereocenters. The summed E-state index contributed by atoms with van der Waals surface area (Å²) in [6.45, 7) is 6.21. The largest absolute Gasteiger partial charge is 0.371 e. The van der Waals surface area contributed by atoms with Gasteiger partial charge in [0.05, 0.1) is 0 Å². The molecule has 0 spiro atoms. The van der Waals surface area contributed by atoms with Gasteiger partial charge in [-0.2, -0.15) is 0 Å². The van der Waals surface area contributed by atoms with E-state index in [1.54, 1.807) is 0 Å². The fourth-order valence-corrected chi connectivity index (χ4v) is 3.94. The molecular formula is C19H30BrIN4. The van der Waals surface area contributed by atoms with Crippen molar-refractivity contribution in [2.75, 3.05) is 31.1 Å². The highest BCUT2D eigenvalue weighted by Crippen LogP contribution is 2.25. The predicted molar refractivity (Wildman–Crippen MR) is 121 cm³/mol. The van der Waals surface area contributed by atoms with Crippen molar-refractivity contribution in [3.05, 3.63) is 28.7 Å². The van der Waals surface area contributed by atoms with Crippen LogP contribution in [0.1, 0.15) is 39.0 Å². The number of rotatable bonds is 5. The first-order chi connectivity index (χ1) is 11.7. The Morgan fingerprint density at radius 1 is 1.20 bits per heavy atom. The fourth-order valence-electron chi connectivity index (χ4n) is 3.67. The van der Waals surface area contributed by atoms with E-state index in [9.17, 15) is 0 Å². The summed E-state index contributed by atoms with van der Waals surface area (Å²) in [6.07, 6.45) is 6.49. The Morgan fingerprint density at radius 3 is 2.60 bits per heavy atom. The van der Waals surface area contributed by atoms with E-state index in [1.807, 2.05) is 0 Å². The van der Waals surface area contributed by atoms with Gasteiger partial charge in [-0.1, -0.05) is 28.8 Å². The van der Waals surface area contributed by atoms with Crippen LogP contribution in [0.4, 0.5) is 5.69 Å². The first kappa shape index (κ1) is 20.8. The van der Waals surface area contributed by atoms with Gasteiger partial charge >= 0.3 is 0 Å². The van der Waals surface area contributed by atoms with Crippen molar-refractivity contribution in [2.45, 2.75) is 45.1 Å². The minimum absolute atomic E-state index is 0. The molecule has 1 unspecified atom stereocenters. The second-order valence-electron chi connectivity index (χ2n) is 6.92. The summed E-state index contributed by atoms with van der Waals surface area (Å²) in [4.78, 5) is 7.34. The van der Waals surface area contributed by atoms with Gasteiger partial charge in [-0.3, -0.25) is 4.99 Å². The minimum Gasteiger partial charge on any atom is -0.371 e. The molecule has 1 heterocycles. The molecule has 140 valence electrons. The monoisotopic (exact) mass is 520 g/mol. The van der Waals surface area contributed by atoms with E-state index < -0.39 is 0 Å². The Bertz CT molecular complexity index is 543. The van der Waals surface area contributed by atoms with Crippen LogP contribution in [0, 0.1) is 5.92 Å². The quantitative estimate of drug-likeness (QED) is 0.343. The SMILES string of the molecule is CCNC(=NCC1CCN(c2ccc(Br)cc2)C1)NC1CCCC1.I. The normalized spacial score (nSPS) is 21.3. The lowest BCUT2D eigenvalue weighted by molar-refractivity contribution is 0.584. The molecule has 0 radical (unpaired) electrons. The average Bonchev–Trinajstić information content (AvgIpc) is 3.25. The van der Waals surface area contributed by atoms with Gasteiger partial charge < -0.3 is 15.5 Å². The molecule has 4 nitrogen and oxygen atoms in total. The molecule has 1 saturated carbocycles. The van der Waals surface area contributed by atoms with E-state index in [-0.39, 0.29) is 24.0 Å². The molecule has 6 heteroatoms. The minimum atomic E-state index is 0. The first-order valence-electron chi connectivity index (χ1n) is 9.30. The fraction of sp³-hybridized carbons (Fsp3) is 0.632. The first-order valence-corrected chi connectivity index (χ1v) is 10.1. The summed E-state index contributed by atoms with van der Waals surface area (Å²) < 4.78 is 1.14. The highest BCUT2D eigenvalue weighted by Gasteiger charge is 2.23. The number of aliphatic imine (C=N–C) groups is 1. The van der Waals surface area contributed by atoms with Gasteiger partial charge in [0, 0.05) is 42.4 Å².